The minimum atomic E-state index is -0.857. The zero-order valence-electron chi connectivity index (χ0n) is 9.93. The van der Waals surface area contributed by atoms with Crippen LogP contribution in [-0.4, -0.2) is 35.5 Å². The molecule has 1 amide bonds. The largest absolute Gasteiger partial charge is 0.481 e. The summed E-state index contributed by atoms with van der Waals surface area (Å²) in [6.07, 6.45) is 1.30. The van der Waals surface area contributed by atoms with E-state index in [9.17, 15) is 9.59 Å². The second kappa shape index (κ2) is 5.40. The third-order valence-electron chi connectivity index (χ3n) is 3.12. The van der Waals surface area contributed by atoms with E-state index in [0.717, 1.165) is 10.9 Å². The fourth-order valence-corrected chi connectivity index (χ4v) is 3.34. The molecule has 4 nitrogen and oxygen atoms in total. The van der Waals surface area contributed by atoms with Gasteiger partial charge in [0.1, 0.15) is 0 Å². The second-order valence-corrected chi connectivity index (χ2v) is 6.44. The Bertz CT molecular complexity index is 474. The molecule has 98 valence electrons. The summed E-state index contributed by atoms with van der Waals surface area (Å²) in [4.78, 5) is 25.5. The highest BCUT2D eigenvalue weighted by Crippen LogP contribution is 2.39. The SMILES string of the molecule is CN(CCc1cc(Br)cs1)C(=O)C1CC1C(=O)O. The summed E-state index contributed by atoms with van der Waals surface area (Å²) in [5.41, 5.74) is 0. The summed E-state index contributed by atoms with van der Waals surface area (Å²) < 4.78 is 1.06. The first-order chi connectivity index (χ1) is 8.49. The van der Waals surface area contributed by atoms with Crippen LogP contribution in [0.3, 0.4) is 0 Å². The van der Waals surface area contributed by atoms with E-state index in [1.54, 1.807) is 23.3 Å². The van der Waals surface area contributed by atoms with E-state index >= 15 is 0 Å². The molecular formula is C12H14BrNO3S. The number of thiophene rings is 1. The molecule has 1 aliphatic carbocycles. The van der Waals surface area contributed by atoms with Crippen molar-refractivity contribution in [2.45, 2.75) is 12.8 Å². The highest BCUT2D eigenvalue weighted by atomic mass is 79.9. The molecule has 1 aliphatic rings. The first kappa shape index (κ1) is 13.5. The van der Waals surface area contributed by atoms with Crippen molar-refractivity contribution in [1.29, 1.82) is 0 Å². The summed E-state index contributed by atoms with van der Waals surface area (Å²) in [6, 6.07) is 2.04. The lowest BCUT2D eigenvalue weighted by atomic mass is 10.2. The van der Waals surface area contributed by atoms with Crippen molar-refractivity contribution in [1.82, 2.24) is 4.90 Å². The third-order valence-corrected chi connectivity index (χ3v) is 4.87. The first-order valence-electron chi connectivity index (χ1n) is 5.69. The van der Waals surface area contributed by atoms with E-state index in [1.807, 2.05) is 11.4 Å². The Morgan fingerprint density at radius 3 is 2.78 bits per heavy atom. The average molecular weight is 332 g/mol. The van der Waals surface area contributed by atoms with Crippen LogP contribution in [0.4, 0.5) is 0 Å². The summed E-state index contributed by atoms with van der Waals surface area (Å²) in [5, 5.41) is 10.8. The van der Waals surface area contributed by atoms with E-state index in [0.29, 0.717) is 13.0 Å². The second-order valence-electron chi connectivity index (χ2n) is 4.53. The predicted octanol–water partition coefficient (Wildman–Crippen LogP) is 2.23. The van der Waals surface area contributed by atoms with Gasteiger partial charge in [0.2, 0.25) is 5.91 Å². The number of carbonyl (C=O) groups is 2. The van der Waals surface area contributed by atoms with Crippen LogP contribution < -0.4 is 0 Å². The average Bonchev–Trinajstić information content (AvgIpc) is 3.03. The number of nitrogens with zero attached hydrogens (tertiary/aromatic N) is 1. The van der Waals surface area contributed by atoms with Crippen LogP contribution in [0.2, 0.25) is 0 Å². The van der Waals surface area contributed by atoms with Gasteiger partial charge in [-0.1, -0.05) is 0 Å². The molecule has 0 spiro atoms. The van der Waals surface area contributed by atoms with Gasteiger partial charge in [-0.3, -0.25) is 9.59 Å². The Balaban J connectivity index is 1.80. The lowest BCUT2D eigenvalue weighted by molar-refractivity contribution is -0.141. The summed E-state index contributed by atoms with van der Waals surface area (Å²) in [5.74, 6) is -1.67. The Kier molecular flexibility index (Phi) is 4.07. The maximum Gasteiger partial charge on any atom is 0.307 e. The number of aliphatic carboxylic acids is 1. The standard InChI is InChI=1S/C12H14BrNO3S/c1-14(3-2-8-4-7(13)6-18-8)11(15)9-5-10(9)12(16)17/h4,6,9-10H,2-3,5H2,1H3,(H,16,17). The summed E-state index contributed by atoms with van der Waals surface area (Å²) in [6.45, 7) is 0.634. The van der Waals surface area contributed by atoms with Crippen LogP contribution in [0, 0.1) is 11.8 Å². The van der Waals surface area contributed by atoms with Gasteiger partial charge in [0.25, 0.3) is 0 Å². The maximum absolute atomic E-state index is 11.9. The lowest BCUT2D eigenvalue weighted by Crippen LogP contribution is -2.31. The number of rotatable bonds is 5. The summed E-state index contributed by atoms with van der Waals surface area (Å²) in [7, 11) is 1.74. The Hall–Kier alpha value is -0.880. The number of halogens is 1. The minimum Gasteiger partial charge on any atom is -0.481 e. The topological polar surface area (TPSA) is 57.6 Å². The van der Waals surface area contributed by atoms with Gasteiger partial charge in [-0.2, -0.15) is 0 Å². The van der Waals surface area contributed by atoms with Gasteiger partial charge >= 0.3 is 5.97 Å². The normalized spacial score (nSPS) is 21.7. The van der Waals surface area contributed by atoms with Crippen LogP contribution in [0.15, 0.2) is 15.9 Å². The molecule has 1 aromatic heterocycles. The monoisotopic (exact) mass is 331 g/mol. The van der Waals surface area contributed by atoms with Crippen molar-refractivity contribution in [2.24, 2.45) is 11.8 Å². The quantitative estimate of drug-likeness (QED) is 0.900. The molecular weight excluding hydrogens is 318 g/mol. The molecule has 1 heterocycles. The number of likely N-dealkylation sites (N-methyl/N-ethyl adjacent to an activating group) is 1. The van der Waals surface area contributed by atoms with Crippen molar-refractivity contribution in [3.05, 3.63) is 20.8 Å². The van der Waals surface area contributed by atoms with E-state index in [4.69, 9.17) is 5.11 Å². The van der Waals surface area contributed by atoms with Crippen molar-refractivity contribution >= 4 is 39.1 Å². The summed E-state index contributed by atoms with van der Waals surface area (Å²) >= 11 is 5.04. The molecule has 2 rings (SSSR count). The highest BCUT2D eigenvalue weighted by molar-refractivity contribution is 9.10. The van der Waals surface area contributed by atoms with Gasteiger partial charge in [0.15, 0.2) is 0 Å². The van der Waals surface area contributed by atoms with Gasteiger partial charge in [-0.25, -0.2) is 0 Å². The van der Waals surface area contributed by atoms with E-state index in [1.165, 1.54) is 4.88 Å². The molecule has 1 saturated carbocycles. The molecule has 2 atom stereocenters. The van der Waals surface area contributed by atoms with Crippen molar-refractivity contribution in [3.63, 3.8) is 0 Å². The van der Waals surface area contributed by atoms with Gasteiger partial charge in [0, 0.05) is 28.3 Å². The first-order valence-corrected chi connectivity index (χ1v) is 7.37. The van der Waals surface area contributed by atoms with E-state index < -0.39 is 11.9 Å². The van der Waals surface area contributed by atoms with Crippen molar-refractivity contribution in [3.8, 4) is 0 Å². The highest BCUT2D eigenvalue weighted by Gasteiger charge is 2.49. The molecule has 0 saturated heterocycles. The number of hydrogen-bond donors (Lipinski definition) is 1. The zero-order chi connectivity index (χ0) is 13.3. The van der Waals surface area contributed by atoms with Crippen molar-refractivity contribution in [2.75, 3.05) is 13.6 Å². The number of carbonyl (C=O) groups excluding carboxylic acids is 1. The molecule has 6 heteroatoms. The minimum absolute atomic E-state index is 0.0435. The Labute approximate surface area is 118 Å². The maximum atomic E-state index is 11.9. The Morgan fingerprint density at radius 2 is 2.28 bits per heavy atom. The molecule has 0 aromatic carbocycles. The molecule has 1 aromatic rings. The third kappa shape index (κ3) is 3.11. The van der Waals surface area contributed by atoms with Crippen LogP contribution >= 0.6 is 27.3 Å². The van der Waals surface area contributed by atoms with Crippen LogP contribution in [0.25, 0.3) is 0 Å². The number of amides is 1. The van der Waals surface area contributed by atoms with Crippen molar-refractivity contribution < 1.29 is 14.7 Å². The van der Waals surface area contributed by atoms with E-state index in [2.05, 4.69) is 15.9 Å². The van der Waals surface area contributed by atoms with Gasteiger partial charge in [-0.05, 0) is 34.8 Å². The number of carboxylic acid groups (broad SMARTS) is 1. The molecule has 0 bridgehead atoms. The molecule has 1 fully saturated rings. The molecule has 18 heavy (non-hydrogen) atoms. The molecule has 0 radical (unpaired) electrons. The van der Waals surface area contributed by atoms with Gasteiger partial charge in [0.05, 0.1) is 11.8 Å². The molecule has 2 unspecified atom stereocenters. The van der Waals surface area contributed by atoms with Gasteiger partial charge in [-0.15, -0.1) is 11.3 Å². The predicted molar refractivity (Wildman–Crippen MR) is 72.6 cm³/mol. The molecule has 1 N–H and O–H groups in total. The Morgan fingerprint density at radius 1 is 1.56 bits per heavy atom. The van der Waals surface area contributed by atoms with Crippen LogP contribution in [0.5, 0.6) is 0 Å². The fraction of sp³-hybridized carbons (Fsp3) is 0.500. The lowest BCUT2D eigenvalue weighted by Gasteiger charge is -2.16. The number of hydrogen-bond acceptors (Lipinski definition) is 3. The zero-order valence-corrected chi connectivity index (χ0v) is 12.3. The fourth-order valence-electron chi connectivity index (χ4n) is 1.90. The van der Waals surface area contributed by atoms with Crippen LogP contribution in [-0.2, 0) is 16.0 Å². The van der Waals surface area contributed by atoms with Gasteiger partial charge < -0.3 is 10.0 Å². The van der Waals surface area contributed by atoms with E-state index in [-0.39, 0.29) is 11.8 Å². The number of carboxylic acids is 1. The molecule has 0 aliphatic heterocycles. The van der Waals surface area contributed by atoms with Crippen LogP contribution in [0.1, 0.15) is 11.3 Å². The smallest absolute Gasteiger partial charge is 0.307 e.